The second kappa shape index (κ2) is 6.58. The molecule has 2 aliphatic rings. The minimum atomic E-state index is -0.834. The summed E-state index contributed by atoms with van der Waals surface area (Å²) in [6, 6.07) is 12.4. The molecular formula is C21H25NO2S. The summed E-state index contributed by atoms with van der Waals surface area (Å²) >= 11 is 1.68. The number of benzene rings is 1. The van der Waals surface area contributed by atoms with E-state index in [1.807, 2.05) is 17.5 Å². The predicted molar refractivity (Wildman–Crippen MR) is 101 cm³/mol. The number of aryl methyl sites for hydroxylation is 1. The number of nitrogens with one attached hydrogen (secondary N) is 1. The first kappa shape index (κ1) is 16.8. The maximum Gasteiger partial charge on any atom is 0.231 e. The normalized spacial score (nSPS) is 24.7. The van der Waals surface area contributed by atoms with Crippen molar-refractivity contribution in [2.75, 3.05) is 6.54 Å². The number of fused-ring (bicyclic) bond motifs is 1. The zero-order valence-electron chi connectivity index (χ0n) is 14.5. The number of carbonyl (C=O) groups excluding carboxylic acids is 1. The summed E-state index contributed by atoms with van der Waals surface area (Å²) in [6.45, 7) is 0.341. The first-order valence-corrected chi connectivity index (χ1v) is 10.1. The smallest absolute Gasteiger partial charge is 0.231 e. The van der Waals surface area contributed by atoms with Crippen LogP contribution in [-0.2, 0) is 23.1 Å². The second-order valence-corrected chi connectivity index (χ2v) is 8.57. The number of hydrogen-bond acceptors (Lipinski definition) is 3. The highest BCUT2D eigenvalue weighted by Gasteiger charge is 2.44. The Balaban J connectivity index is 1.47. The Bertz CT molecular complexity index is 749. The number of carbonyl (C=O) groups is 1. The summed E-state index contributed by atoms with van der Waals surface area (Å²) < 4.78 is 0. The van der Waals surface area contributed by atoms with Crippen molar-refractivity contribution < 1.29 is 9.90 Å². The van der Waals surface area contributed by atoms with Gasteiger partial charge in [-0.2, -0.15) is 0 Å². The van der Waals surface area contributed by atoms with Gasteiger partial charge < -0.3 is 10.4 Å². The Hall–Kier alpha value is -1.65. The molecule has 1 amide bonds. The molecule has 2 N–H and O–H groups in total. The van der Waals surface area contributed by atoms with Gasteiger partial charge in [0.05, 0.1) is 11.0 Å². The van der Waals surface area contributed by atoms with Gasteiger partial charge >= 0.3 is 0 Å². The molecule has 2 aromatic rings. The SMILES string of the molecule is O=C(NCC1(O)CCc2ccccc2C1)C1(c2cccs2)CCCC1. The van der Waals surface area contributed by atoms with Crippen molar-refractivity contribution in [1.82, 2.24) is 5.32 Å². The fourth-order valence-corrected chi connectivity index (χ4v) is 5.45. The molecule has 1 atom stereocenters. The zero-order chi connectivity index (χ0) is 17.3. The third-order valence-electron chi connectivity index (χ3n) is 5.96. The Morgan fingerprint density at radius 1 is 1.08 bits per heavy atom. The molecule has 3 nitrogen and oxygen atoms in total. The van der Waals surface area contributed by atoms with Gasteiger partial charge in [-0.1, -0.05) is 43.2 Å². The average Bonchev–Trinajstić information content (AvgIpc) is 3.31. The van der Waals surface area contributed by atoms with Crippen LogP contribution < -0.4 is 5.32 Å². The first-order valence-electron chi connectivity index (χ1n) is 9.23. The largest absolute Gasteiger partial charge is 0.388 e. The van der Waals surface area contributed by atoms with Crippen LogP contribution in [0.1, 0.15) is 48.1 Å². The zero-order valence-corrected chi connectivity index (χ0v) is 15.3. The Labute approximate surface area is 153 Å². The van der Waals surface area contributed by atoms with Crippen LogP contribution in [0.5, 0.6) is 0 Å². The molecule has 0 bridgehead atoms. The van der Waals surface area contributed by atoms with Crippen molar-refractivity contribution >= 4 is 17.2 Å². The van der Waals surface area contributed by atoms with E-state index >= 15 is 0 Å². The van der Waals surface area contributed by atoms with E-state index in [0.29, 0.717) is 19.4 Å². The van der Waals surface area contributed by atoms with Crippen LogP contribution in [0.15, 0.2) is 41.8 Å². The summed E-state index contributed by atoms with van der Waals surface area (Å²) in [5.74, 6) is 0.0970. The molecule has 0 radical (unpaired) electrons. The standard InChI is InChI=1S/C21H25NO2S/c23-19(21(10-3-4-11-21)18-8-5-13-25-18)22-15-20(24)12-9-16-6-1-2-7-17(16)14-20/h1-2,5-8,13,24H,3-4,9-12,14-15H2,(H,22,23). The number of aliphatic hydroxyl groups is 1. The van der Waals surface area contributed by atoms with Crippen LogP contribution in [0.25, 0.3) is 0 Å². The van der Waals surface area contributed by atoms with Crippen LogP contribution in [0.2, 0.25) is 0 Å². The Kier molecular flexibility index (Phi) is 4.42. The molecule has 132 valence electrons. The summed E-state index contributed by atoms with van der Waals surface area (Å²) in [4.78, 5) is 14.3. The Morgan fingerprint density at radius 2 is 1.84 bits per heavy atom. The van der Waals surface area contributed by atoms with Crippen molar-refractivity contribution in [3.8, 4) is 0 Å². The van der Waals surface area contributed by atoms with Crippen molar-refractivity contribution in [2.24, 2.45) is 0 Å². The highest BCUT2D eigenvalue weighted by molar-refractivity contribution is 7.10. The summed E-state index contributed by atoms with van der Waals surface area (Å²) in [5.41, 5.74) is 1.32. The number of amides is 1. The quantitative estimate of drug-likeness (QED) is 0.880. The average molecular weight is 356 g/mol. The van der Waals surface area contributed by atoms with Crippen LogP contribution >= 0.6 is 11.3 Å². The van der Waals surface area contributed by atoms with Crippen molar-refractivity contribution in [3.05, 3.63) is 57.8 Å². The van der Waals surface area contributed by atoms with Crippen molar-refractivity contribution in [3.63, 3.8) is 0 Å². The van der Waals surface area contributed by atoms with Crippen LogP contribution in [0, 0.1) is 0 Å². The highest BCUT2D eigenvalue weighted by Crippen LogP contribution is 2.43. The summed E-state index contributed by atoms with van der Waals surface area (Å²) in [7, 11) is 0. The van der Waals surface area contributed by atoms with Gasteiger partial charge in [0.1, 0.15) is 0 Å². The van der Waals surface area contributed by atoms with E-state index in [9.17, 15) is 9.90 Å². The molecule has 2 aliphatic carbocycles. The molecule has 1 aromatic heterocycles. The van der Waals surface area contributed by atoms with Gasteiger partial charge in [-0.15, -0.1) is 11.3 Å². The van der Waals surface area contributed by atoms with Gasteiger partial charge in [0.15, 0.2) is 0 Å². The van der Waals surface area contributed by atoms with Gasteiger partial charge in [-0.05, 0) is 48.3 Å². The van der Waals surface area contributed by atoms with Crippen LogP contribution in [-0.4, -0.2) is 23.2 Å². The van der Waals surface area contributed by atoms with E-state index in [4.69, 9.17) is 0 Å². The summed E-state index contributed by atoms with van der Waals surface area (Å²) in [6.07, 6.45) is 6.23. The maximum absolute atomic E-state index is 13.1. The van der Waals surface area contributed by atoms with E-state index in [1.54, 1.807) is 11.3 Å². The molecule has 25 heavy (non-hydrogen) atoms. The summed E-state index contributed by atoms with van der Waals surface area (Å²) in [5, 5.41) is 16.2. The van der Waals surface area contributed by atoms with Gasteiger partial charge in [-0.25, -0.2) is 0 Å². The molecule has 1 aromatic carbocycles. The van der Waals surface area contributed by atoms with E-state index in [1.165, 1.54) is 16.0 Å². The van der Waals surface area contributed by atoms with Crippen molar-refractivity contribution in [1.29, 1.82) is 0 Å². The lowest BCUT2D eigenvalue weighted by atomic mass is 9.79. The van der Waals surface area contributed by atoms with Crippen LogP contribution in [0.4, 0.5) is 0 Å². The van der Waals surface area contributed by atoms with E-state index < -0.39 is 5.60 Å². The topological polar surface area (TPSA) is 49.3 Å². The minimum Gasteiger partial charge on any atom is -0.388 e. The highest BCUT2D eigenvalue weighted by atomic mass is 32.1. The van der Waals surface area contributed by atoms with Crippen LogP contribution in [0.3, 0.4) is 0 Å². The Morgan fingerprint density at radius 3 is 2.56 bits per heavy atom. The minimum absolute atomic E-state index is 0.0970. The third kappa shape index (κ3) is 3.13. The lowest BCUT2D eigenvalue weighted by molar-refractivity contribution is -0.128. The van der Waals surface area contributed by atoms with E-state index in [0.717, 1.165) is 32.1 Å². The van der Waals surface area contributed by atoms with Gasteiger partial charge in [0.2, 0.25) is 5.91 Å². The fourth-order valence-electron chi connectivity index (χ4n) is 4.46. The molecule has 1 unspecified atom stereocenters. The number of thiophene rings is 1. The molecular weight excluding hydrogens is 330 g/mol. The molecule has 0 aliphatic heterocycles. The second-order valence-electron chi connectivity index (χ2n) is 7.62. The number of rotatable bonds is 4. The predicted octanol–water partition coefficient (Wildman–Crippen LogP) is 3.60. The van der Waals surface area contributed by atoms with Gasteiger partial charge in [0, 0.05) is 17.8 Å². The van der Waals surface area contributed by atoms with E-state index in [-0.39, 0.29) is 11.3 Å². The molecule has 0 spiro atoms. The third-order valence-corrected chi connectivity index (χ3v) is 7.03. The monoisotopic (exact) mass is 355 g/mol. The molecule has 4 heteroatoms. The first-order chi connectivity index (χ1) is 12.1. The molecule has 4 rings (SSSR count). The van der Waals surface area contributed by atoms with Crippen molar-refractivity contribution in [2.45, 2.75) is 56.0 Å². The lowest BCUT2D eigenvalue weighted by Gasteiger charge is -2.35. The molecule has 0 saturated heterocycles. The molecule has 1 saturated carbocycles. The van der Waals surface area contributed by atoms with Gasteiger partial charge in [-0.3, -0.25) is 4.79 Å². The van der Waals surface area contributed by atoms with E-state index in [2.05, 4.69) is 29.6 Å². The number of hydrogen-bond donors (Lipinski definition) is 2. The molecule has 1 fully saturated rings. The lowest BCUT2D eigenvalue weighted by Crippen LogP contribution is -2.51. The molecule has 1 heterocycles. The fraction of sp³-hybridized carbons (Fsp3) is 0.476. The van der Waals surface area contributed by atoms with Gasteiger partial charge in [0.25, 0.3) is 0 Å². The maximum atomic E-state index is 13.1.